The number of anilines is 2. The van der Waals surface area contributed by atoms with Crippen molar-refractivity contribution in [1.82, 2.24) is 0 Å². The van der Waals surface area contributed by atoms with E-state index in [9.17, 15) is 4.79 Å². The van der Waals surface area contributed by atoms with Crippen molar-refractivity contribution >= 4 is 72.9 Å². The van der Waals surface area contributed by atoms with Crippen LogP contribution in [0.15, 0.2) is 59.1 Å². The number of thiophene rings is 1. The Labute approximate surface area is 179 Å². The van der Waals surface area contributed by atoms with Crippen LogP contribution in [0.2, 0.25) is 5.02 Å². The van der Waals surface area contributed by atoms with Gasteiger partial charge < -0.3 is 15.4 Å². The van der Waals surface area contributed by atoms with Crippen molar-refractivity contribution in [3.8, 4) is 10.4 Å². The number of benzene rings is 2. The summed E-state index contributed by atoms with van der Waals surface area (Å²) < 4.78 is 5.77. The molecule has 27 heavy (non-hydrogen) atoms. The van der Waals surface area contributed by atoms with Crippen LogP contribution in [0.25, 0.3) is 10.4 Å². The van der Waals surface area contributed by atoms with Crippen molar-refractivity contribution in [3.05, 3.63) is 69.7 Å². The fourth-order valence-corrected chi connectivity index (χ4v) is 4.39. The highest BCUT2D eigenvalue weighted by Gasteiger charge is 2.18. The molecule has 0 saturated carbocycles. The molecular formula is C19H14BrClN2O2S2. The number of methoxy groups -OCH3 is 1. The first kappa shape index (κ1) is 19.8. The number of nitrogens with one attached hydrogen (secondary N) is 2. The zero-order chi connectivity index (χ0) is 19.4. The number of ether oxygens (including phenoxy) is 1. The Morgan fingerprint density at radius 1 is 1.15 bits per heavy atom. The highest BCUT2D eigenvalue weighted by atomic mass is 79.9. The fourth-order valence-electron chi connectivity index (χ4n) is 2.34. The second-order valence-corrected chi connectivity index (χ2v) is 8.20. The molecule has 3 rings (SSSR count). The monoisotopic (exact) mass is 480 g/mol. The molecule has 0 aliphatic rings. The van der Waals surface area contributed by atoms with Crippen LogP contribution in [0.3, 0.4) is 0 Å². The topological polar surface area (TPSA) is 50.4 Å². The van der Waals surface area contributed by atoms with Gasteiger partial charge in [-0.25, -0.2) is 4.79 Å². The second kappa shape index (κ2) is 8.84. The minimum Gasteiger partial charge on any atom is -0.465 e. The maximum atomic E-state index is 12.2. The van der Waals surface area contributed by atoms with E-state index < -0.39 is 5.97 Å². The lowest BCUT2D eigenvalue weighted by molar-refractivity contribution is 0.0602. The summed E-state index contributed by atoms with van der Waals surface area (Å²) in [5, 5.41) is 7.57. The van der Waals surface area contributed by atoms with Gasteiger partial charge in [-0.05, 0) is 42.0 Å². The first-order valence-corrected chi connectivity index (χ1v) is 10.2. The van der Waals surface area contributed by atoms with Gasteiger partial charge in [-0.15, -0.1) is 11.3 Å². The Bertz CT molecular complexity index is 993. The molecule has 0 aliphatic heterocycles. The van der Waals surface area contributed by atoms with Crippen molar-refractivity contribution in [2.24, 2.45) is 0 Å². The molecule has 2 N–H and O–H groups in total. The quantitative estimate of drug-likeness (QED) is 0.332. The van der Waals surface area contributed by atoms with Crippen LogP contribution >= 0.6 is 51.1 Å². The van der Waals surface area contributed by atoms with Crippen LogP contribution < -0.4 is 10.6 Å². The molecule has 0 amide bonds. The van der Waals surface area contributed by atoms with Gasteiger partial charge in [0.25, 0.3) is 0 Å². The Morgan fingerprint density at radius 3 is 2.56 bits per heavy atom. The van der Waals surface area contributed by atoms with Crippen LogP contribution in [-0.2, 0) is 4.74 Å². The summed E-state index contributed by atoms with van der Waals surface area (Å²) in [4.78, 5) is 13.1. The standard InChI is InChI=1S/C19H14BrClN2O2S2/c1-25-18(24)13-10-16(11-5-3-2-4-6-11)27-17(13)23-19(26)22-15-8-7-12(20)9-14(15)21/h2-10H,1H3,(H2,22,23,26). The zero-order valence-corrected chi connectivity index (χ0v) is 18.1. The molecule has 0 fully saturated rings. The third-order valence-electron chi connectivity index (χ3n) is 3.60. The largest absolute Gasteiger partial charge is 0.465 e. The summed E-state index contributed by atoms with van der Waals surface area (Å²) in [6.45, 7) is 0. The number of halogens is 2. The minimum atomic E-state index is -0.430. The zero-order valence-electron chi connectivity index (χ0n) is 14.1. The summed E-state index contributed by atoms with van der Waals surface area (Å²) >= 11 is 16.4. The van der Waals surface area contributed by atoms with Crippen LogP contribution in [0.4, 0.5) is 10.7 Å². The molecule has 0 atom stereocenters. The minimum absolute atomic E-state index is 0.325. The number of esters is 1. The molecule has 0 spiro atoms. The Hall–Kier alpha value is -1.93. The summed E-state index contributed by atoms with van der Waals surface area (Å²) in [7, 11) is 1.35. The van der Waals surface area contributed by atoms with Crippen LogP contribution in [0.5, 0.6) is 0 Å². The number of rotatable bonds is 4. The third-order valence-corrected chi connectivity index (χ3v) is 5.71. The molecule has 3 aromatic rings. The maximum absolute atomic E-state index is 12.2. The Morgan fingerprint density at radius 2 is 1.89 bits per heavy atom. The molecule has 2 aromatic carbocycles. The molecule has 8 heteroatoms. The predicted molar refractivity (Wildman–Crippen MR) is 120 cm³/mol. The van der Waals surface area contributed by atoms with Crippen molar-refractivity contribution in [1.29, 1.82) is 0 Å². The summed E-state index contributed by atoms with van der Waals surface area (Å²) in [6.07, 6.45) is 0. The summed E-state index contributed by atoms with van der Waals surface area (Å²) in [6, 6.07) is 17.0. The molecule has 0 radical (unpaired) electrons. The van der Waals surface area contributed by atoms with E-state index >= 15 is 0 Å². The number of hydrogen-bond donors (Lipinski definition) is 2. The van der Waals surface area contributed by atoms with Crippen LogP contribution in [0, 0.1) is 0 Å². The third kappa shape index (κ3) is 4.87. The van der Waals surface area contributed by atoms with Gasteiger partial charge in [0.05, 0.1) is 23.4 Å². The molecule has 4 nitrogen and oxygen atoms in total. The molecule has 1 aromatic heterocycles. The van der Waals surface area contributed by atoms with E-state index in [1.165, 1.54) is 18.4 Å². The first-order chi connectivity index (χ1) is 13.0. The SMILES string of the molecule is COC(=O)c1cc(-c2ccccc2)sc1NC(=S)Nc1ccc(Br)cc1Cl. The van der Waals surface area contributed by atoms with Crippen LogP contribution in [-0.4, -0.2) is 18.2 Å². The van der Waals surface area contributed by atoms with E-state index in [0.29, 0.717) is 26.4 Å². The number of thiocarbonyl (C=S) groups is 1. The van der Waals surface area contributed by atoms with Gasteiger partial charge in [-0.1, -0.05) is 57.9 Å². The first-order valence-electron chi connectivity index (χ1n) is 7.78. The van der Waals surface area contributed by atoms with Gasteiger partial charge in [-0.3, -0.25) is 0 Å². The molecular weight excluding hydrogens is 468 g/mol. The Balaban J connectivity index is 1.85. The maximum Gasteiger partial charge on any atom is 0.340 e. The lowest BCUT2D eigenvalue weighted by atomic mass is 10.1. The van der Waals surface area contributed by atoms with E-state index in [0.717, 1.165) is 14.9 Å². The lowest BCUT2D eigenvalue weighted by Crippen LogP contribution is -2.20. The molecule has 0 saturated heterocycles. The van der Waals surface area contributed by atoms with E-state index in [-0.39, 0.29) is 0 Å². The molecule has 0 bridgehead atoms. The van der Waals surface area contributed by atoms with Gasteiger partial charge in [-0.2, -0.15) is 0 Å². The average Bonchev–Trinajstić information content (AvgIpc) is 3.08. The summed E-state index contributed by atoms with van der Waals surface area (Å²) in [5.74, 6) is -0.430. The normalized spacial score (nSPS) is 10.3. The molecule has 0 unspecified atom stereocenters. The van der Waals surface area contributed by atoms with Crippen molar-refractivity contribution in [2.75, 3.05) is 17.7 Å². The van der Waals surface area contributed by atoms with Crippen molar-refractivity contribution < 1.29 is 9.53 Å². The molecule has 1 heterocycles. The number of carbonyl (C=O) groups excluding carboxylic acids is 1. The van der Waals surface area contributed by atoms with Gasteiger partial charge in [0.2, 0.25) is 0 Å². The van der Waals surface area contributed by atoms with Gasteiger partial charge >= 0.3 is 5.97 Å². The number of carbonyl (C=O) groups is 1. The van der Waals surface area contributed by atoms with Gasteiger partial charge in [0, 0.05) is 9.35 Å². The van der Waals surface area contributed by atoms with E-state index in [4.69, 9.17) is 28.6 Å². The van der Waals surface area contributed by atoms with Gasteiger partial charge in [0.1, 0.15) is 5.00 Å². The Kier molecular flexibility index (Phi) is 6.49. The van der Waals surface area contributed by atoms with E-state index in [1.807, 2.05) is 42.5 Å². The van der Waals surface area contributed by atoms with Crippen molar-refractivity contribution in [3.63, 3.8) is 0 Å². The lowest BCUT2D eigenvalue weighted by Gasteiger charge is -2.11. The predicted octanol–water partition coefficient (Wildman–Crippen LogP) is 6.43. The smallest absolute Gasteiger partial charge is 0.340 e. The molecule has 138 valence electrons. The highest BCUT2D eigenvalue weighted by molar-refractivity contribution is 9.10. The summed E-state index contributed by atoms with van der Waals surface area (Å²) in [5.41, 5.74) is 2.10. The van der Waals surface area contributed by atoms with Crippen LogP contribution in [0.1, 0.15) is 10.4 Å². The van der Waals surface area contributed by atoms with Gasteiger partial charge in [0.15, 0.2) is 5.11 Å². The highest BCUT2D eigenvalue weighted by Crippen LogP contribution is 2.36. The van der Waals surface area contributed by atoms with E-state index in [1.54, 1.807) is 12.1 Å². The second-order valence-electron chi connectivity index (χ2n) is 5.41. The van der Waals surface area contributed by atoms with Crippen molar-refractivity contribution in [2.45, 2.75) is 0 Å². The average molecular weight is 482 g/mol. The van der Waals surface area contributed by atoms with E-state index in [2.05, 4.69) is 26.6 Å². The number of hydrogen-bond acceptors (Lipinski definition) is 4. The fraction of sp³-hybridized carbons (Fsp3) is 0.0526. The molecule has 0 aliphatic carbocycles.